The minimum atomic E-state index is -0.344. The quantitative estimate of drug-likeness (QED) is 0.454. The third-order valence-electron chi connectivity index (χ3n) is 7.12. The normalized spacial score (nSPS) is 18.5. The van der Waals surface area contributed by atoms with Crippen molar-refractivity contribution in [2.24, 2.45) is 0 Å². The number of aryl methyl sites for hydroxylation is 1. The molecule has 176 valence electrons. The minimum absolute atomic E-state index is 0.178. The maximum atomic E-state index is 13.2. The maximum Gasteiger partial charge on any atom is 0.323 e. The average Bonchev–Trinajstić information content (AvgIpc) is 3.23. The van der Waals surface area contributed by atoms with Gasteiger partial charge in [-0.25, -0.2) is 13.6 Å². The SMILES string of the molecule is O=C(Nc1ccc(F)cc1)Nc1ccc2c(c1)C(CN1CCC(c3ccc(F)cc3)CC1)CC2. The summed E-state index contributed by atoms with van der Waals surface area (Å²) in [6.07, 6.45) is 4.37. The summed E-state index contributed by atoms with van der Waals surface area (Å²) in [7, 11) is 0. The van der Waals surface area contributed by atoms with Crippen LogP contribution in [0, 0.1) is 11.6 Å². The van der Waals surface area contributed by atoms with Crippen molar-refractivity contribution in [3.05, 3.63) is 95.1 Å². The highest BCUT2D eigenvalue weighted by atomic mass is 19.1. The fourth-order valence-corrected chi connectivity index (χ4v) is 5.28. The average molecular weight is 462 g/mol. The van der Waals surface area contributed by atoms with Gasteiger partial charge in [0, 0.05) is 17.9 Å². The summed E-state index contributed by atoms with van der Waals surface area (Å²) in [6.45, 7) is 3.12. The van der Waals surface area contributed by atoms with E-state index < -0.39 is 0 Å². The second-order valence-electron chi connectivity index (χ2n) is 9.36. The molecule has 2 N–H and O–H groups in total. The number of hydrogen-bond acceptors (Lipinski definition) is 2. The molecule has 3 aromatic rings. The van der Waals surface area contributed by atoms with Crippen molar-refractivity contribution < 1.29 is 13.6 Å². The summed E-state index contributed by atoms with van der Waals surface area (Å²) in [5.74, 6) is 0.445. The number of nitrogens with zero attached hydrogens (tertiary/aromatic N) is 1. The Labute approximate surface area is 199 Å². The van der Waals surface area contributed by atoms with Crippen LogP contribution in [0.3, 0.4) is 0 Å². The number of carbonyl (C=O) groups is 1. The Balaban J connectivity index is 1.17. The zero-order valence-corrected chi connectivity index (χ0v) is 19.1. The topological polar surface area (TPSA) is 44.4 Å². The van der Waals surface area contributed by atoms with E-state index in [1.54, 1.807) is 12.1 Å². The predicted molar refractivity (Wildman–Crippen MR) is 131 cm³/mol. The highest BCUT2D eigenvalue weighted by molar-refractivity contribution is 5.99. The third kappa shape index (κ3) is 5.28. The number of anilines is 2. The van der Waals surface area contributed by atoms with Gasteiger partial charge in [-0.3, -0.25) is 0 Å². The van der Waals surface area contributed by atoms with Gasteiger partial charge in [0.25, 0.3) is 0 Å². The molecule has 3 aromatic carbocycles. The largest absolute Gasteiger partial charge is 0.323 e. The fourth-order valence-electron chi connectivity index (χ4n) is 5.28. The first-order chi connectivity index (χ1) is 16.5. The van der Waals surface area contributed by atoms with Gasteiger partial charge in [0.2, 0.25) is 0 Å². The molecule has 6 heteroatoms. The Kier molecular flexibility index (Phi) is 6.59. The van der Waals surface area contributed by atoms with Gasteiger partial charge < -0.3 is 15.5 Å². The van der Waals surface area contributed by atoms with Gasteiger partial charge in [-0.1, -0.05) is 18.2 Å². The van der Waals surface area contributed by atoms with Gasteiger partial charge in [-0.2, -0.15) is 0 Å². The fraction of sp³-hybridized carbons (Fsp3) is 0.321. The van der Waals surface area contributed by atoms with Gasteiger partial charge in [0.15, 0.2) is 0 Å². The lowest BCUT2D eigenvalue weighted by Crippen LogP contribution is -2.35. The predicted octanol–water partition coefficient (Wildman–Crippen LogP) is 6.52. The number of amides is 2. The summed E-state index contributed by atoms with van der Waals surface area (Å²) >= 11 is 0. The number of halogens is 2. The van der Waals surface area contributed by atoms with Crippen molar-refractivity contribution >= 4 is 17.4 Å². The molecular weight excluding hydrogens is 432 g/mol. The Hall–Kier alpha value is -3.25. The molecule has 1 fully saturated rings. The first-order valence-electron chi connectivity index (χ1n) is 12.0. The van der Waals surface area contributed by atoms with E-state index in [0.717, 1.165) is 51.0 Å². The smallest absolute Gasteiger partial charge is 0.308 e. The van der Waals surface area contributed by atoms with Gasteiger partial charge >= 0.3 is 6.03 Å². The second-order valence-corrected chi connectivity index (χ2v) is 9.36. The van der Waals surface area contributed by atoms with Crippen LogP contribution >= 0.6 is 0 Å². The molecule has 0 aromatic heterocycles. The van der Waals surface area contributed by atoms with E-state index in [1.165, 1.54) is 41.0 Å². The summed E-state index contributed by atoms with van der Waals surface area (Å²) < 4.78 is 26.3. The number of urea groups is 1. The Morgan fingerprint density at radius 1 is 0.824 bits per heavy atom. The highest BCUT2D eigenvalue weighted by Gasteiger charge is 2.27. The monoisotopic (exact) mass is 461 g/mol. The van der Waals surface area contributed by atoms with Crippen LogP contribution in [-0.2, 0) is 6.42 Å². The van der Waals surface area contributed by atoms with E-state index in [2.05, 4.69) is 27.7 Å². The summed E-state index contributed by atoms with van der Waals surface area (Å²) in [5.41, 5.74) is 5.22. The molecule has 2 aliphatic rings. The van der Waals surface area contributed by atoms with Crippen LogP contribution in [-0.4, -0.2) is 30.6 Å². The summed E-state index contributed by atoms with van der Waals surface area (Å²) in [4.78, 5) is 14.9. The summed E-state index contributed by atoms with van der Waals surface area (Å²) in [5, 5.41) is 5.64. The van der Waals surface area contributed by atoms with E-state index in [1.807, 2.05) is 18.2 Å². The van der Waals surface area contributed by atoms with E-state index in [-0.39, 0.29) is 17.7 Å². The number of rotatable bonds is 5. The lowest BCUT2D eigenvalue weighted by molar-refractivity contribution is 0.200. The van der Waals surface area contributed by atoms with Crippen LogP contribution in [0.2, 0.25) is 0 Å². The molecule has 1 atom stereocenters. The molecule has 0 radical (unpaired) electrons. The van der Waals surface area contributed by atoms with Gasteiger partial charge in [-0.05, 0) is 116 Å². The standard InChI is InChI=1S/C28H29F2N3O/c29-23-6-3-19(4-7-23)20-13-15-33(16-14-20)18-22-2-1-21-5-10-26(17-27(21)22)32-28(34)31-25-11-8-24(30)9-12-25/h3-12,17,20,22H,1-2,13-16,18H2,(H2,31,32,34). The van der Waals surface area contributed by atoms with Crippen molar-refractivity contribution in [2.75, 3.05) is 30.3 Å². The number of likely N-dealkylation sites (tertiary alicyclic amines) is 1. The lowest BCUT2D eigenvalue weighted by Gasteiger charge is -2.34. The van der Waals surface area contributed by atoms with Crippen LogP contribution in [0.4, 0.5) is 25.0 Å². The van der Waals surface area contributed by atoms with E-state index in [9.17, 15) is 13.6 Å². The van der Waals surface area contributed by atoms with Crippen molar-refractivity contribution in [3.63, 3.8) is 0 Å². The van der Waals surface area contributed by atoms with Gasteiger partial charge in [-0.15, -0.1) is 0 Å². The molecule has 0 saturated carbocycles. The minimum Gasteiger partial charge on any atom is -0.308 e. The first kappa shape index (κ1) is 22.5. The second kappa shape index (κ2) is 9.94. The molecule has 34 heavy (non-hydrogen) atoms. The number of piperidine rings is 1. The highest BCUT2D eigenvalue weighted by Crippen LogP contribution is 2.37. The Bertz CT molecular complexity index is 1140. The molecule has 0 spiro atoms. The van der Waals surface area contributed by atoms with Crippen molar-refractivity contribution in [2.45, 2.75) is 37.5 Å². The van der Waals surface area contributed by atoms with E-state index in [4.69, 9.17) is 0 Å². The number of carbonyl (C=O) groups excluding carboxylic acids is 1. The number of benzene rings is 3. The Morgan fingerprint density at radius 3 is 2.15 bits per heavy atom. The van der Waals surface area contributed by atoms with Crippen LogP contribution < -0.4 is 10.6 Å². The molecule has 5 rings (SSSR count). The van der Waals surface area contributed by atoms with Crippen LogP contribution in [0.15, 0.2) is 66.7 Å². The van der Waals surface area contributed by atoms with Gasteiger partial charge in [0.1, 0.15) is 11.6 Å². The Morgan fingerprint density at radius 2 is 1.44 bits per heavy atom. The first-order valence-corrected chi connectivity index (χ1v) is 12.0. The molecule has 2 amide bonds. The van der Waals surface area contributed by atoms with Gasteiger partial charge in [0.05, 0.1) is 0 Å². The van der Waals surface area contributed by atoms with Crippen molar-refractivity contribution in [3.8, 4) is 0 Å². The zero-order chi connectivity index (χ0) is 23.5. The van der Waals surface area contributed by atoms with Crippen LogP contribution in [0.1, 0.15) is 47.8 Å². The van der Waals surface area contributed by atoms with E-state index in [0.29, 0.717) is 17.5 Å². The number of fused-ring (bicyclic) bond motifs is 1. The molecule has 1 heterocycles. The lowest BCUT2D eigenvalue weighted by atomic mass is 9.89. The number of hydrogen-bond donors (Lipinski definition) is 2. The molecular formula is C28H29F2N3O. The van der Waals surface area contributed by atoms with Crippen molar-refractivity contribution in [1.29, 1.82) is 0 Å². The maximum absolute atomic E-state index is 13.2. The molecule has 4 nitrogen and oxygen atoms in total. The molecule has 1 unspecified atom stereocenters. The molecule has 1 saturated heterocycles. The van der Waals surface area contributed by atoms with Crippen LogP contribution in [0.25, 0.3) is 0 Å². The molecule has 1 aliphatic carbocycles. The molecule has 0 bridgehead atoms. The summed E-state index contributed by atoms with van der Waals surface area (Å²) in [6, 6.07) is 18.5. The number of nitrogens with one attached hydrogen (secondary N) is 2. The van der Waals surface area contributed by atoms with Crippen molar-refractivity contribution in [1.82, 2.24) is 4.90 Å². The zero-order valence-electron chi connectivity index (χ0n) is 19.1. The van der Waals surface area contributed by atoms with Crippen LogP contribution in [0.5, 0.6) is 0 Å². The molecule has 1 aliphatic heterocycles. The van der Waals surface area contributed by atoms with E-state index >= 15 is 0 Å². The third-order valence-corrected chi connectivity index (χ3v) is 7.12.